The predicted octanol–water partition coefficient (Wildman–Crippen LogP) is 2.98. The van der Waals surface area contributed by atoms with Crippen LogP contribution in [0.4, 0.5) is 4.39 Å². The van der Waals surface area contributed by atoms with Crippen LogP contribution < -0.4 is 0 Å². The van der Waals surface area contributed by atoms with Gasteiger partial charge in [-0.15, -0.1) is 0 Å². The fourth-order valence-corrected chi connectivity index (χ4v) is 2.27. The Morgan fingerprint density at radius 1 is 1.36 bits per heavy atom. The molecule has 1 nitrogen and oxygen atoms in total. The van der Waals surface area contributed by atoms with Crippen LogP contribution in [0.2, 0.25) is 0 Å². The molecule has 1 heterocycles. The average molecular weight is 193 g/mol. The van der Waals surface area contributed by atoms with Gasteiger partial charge in [0.25, 0.3) is 0 Å². The lowest BCUT2D eigenvalue weighted by Gasteiger charge is -2.22. The first-order chi connectivity index (χ1) is 6.81. The Hall–Kier alpha value is -0.890. The van der Waals surface area contributed by atoms with Gasteiger partial charge in [-0.3, -0.25) is 4.90 Å². The lowest BCUT2D eigenvalue weighted by Crippen LogP contribution is -2.22. The van der Waals surface area contributed by atoms with Gasteiger partial charge in [0.05, 0.1) is 0 Å². The van der Waals surface area contributed by atoms with E-state index < -0.39 is 0 Å². The largest absolute Gasteiger partial charge is 0.297 e. The third-order valence-electron chi connectivity index (χ3n) is 3.02. The van der Waals surface area contributed by atoms with Gasteiger partial charge in [0.15, 0.2) is 0 Å². The van der Waals surface area contributed by atoms with E-state index in [-0.39, 0.29) is 5.82 Å². The van der Waals surface area contributed by atoms with E-state index in [1.165, 1.54) is 24.9 Å². The normalized spacial score (nSPS) is 22.9. The summed E-state index contributed by atoms with van der Waals surface area (Å²) in [6.07, 6.45) is 2.47. The first-order valence-electron chi connectivity index (χ1n) is 5.31. The molecule has 0 N–H and O–H groups in total. The van der Waals surface area contributed by atoms with Gasteiger partial charge in [-0.05, 0) is 43.6 Å². The number of nitrogens with zero attached hydrogens (tertiary/aromatic N) is 1. The molecule has 0 spiro atoms. The molecule has 2 rings (SSSR count). The minimum atomic E-state index is -0.144. The molecule has 76 valence electrons. The summed E-state index contributed by atoms with van der Waals surface area (Å²) >= 11 is 0. The second kappa shape index (κ2) is 4.09. The standard InChI is InChI=1S/C12H16FN/c1-2-14-9-3-4-12(14)10-5-7-11(13)8-6-10/h5-8,12H,2-4,9H2,1H3/t12-/m1/s1. The first-order valence-corrected chi connectivity index (χ1v) is 5.31. The Balaban J connectivity index is 2.17. The summed E-state index contributed by atoms with van der Waals surface area (Å²) in [7, 11) is 0. The highest BCUT2D eigenvalue weighted by molar-refractivity contribution is 5.20. The molecule has 0 bridgehead atoms. The fourth-order valence-electron chi connectivity index (χ4n) is 2.27. The van der Waals surface area contributed by atoms with Gasteiger partial charge >= 0.3 is 0 Å². The van der Waals surface area contributed by atoms with Crippen LogP contribution in [-0.2, 0) is 0 Å². The summed E-state index contributed by atoms with van der Waals surface area (Å²) in [6, 6.07) is 7.45. The van der Waals surface area contributed by atoms with Gasteiger partial charge in [-0.1, -0.05) is 19.1 Å². The Morgan fingerprint density at radius 2 is 2.07 bits per heavy atom. The number of hydrogen-bond donors (Lipinski definition) is 0. The van der Waals surface area contributed by atoms with Crippen molar-refractivity contribution in [1.82, 2.24) is 4.90 Å². The summed E-state index contributed by atoms with van der Waals surface area (Å²) in [5.41, 5.74) is 1.26. The highest BCUT2D eigenvalue weighted by Gasteiger charge is 2.23. The maximum absolute atomic E-state index is 12.7. The fraction of sp³-hybridized carbons (Fsp3) is 0.500. The van der Waals surface area contributed by atoms with E-state index in [0.717, 1.165) is 6.54 Å². The lowest BCUT2D eigenvalue weighted by atomic mass is 10.0. The summed E-state index contributed by atoms with van der Waals surface area (Å²) in [5, 5.41) is 0. The molecule has 1 aromatic rings. The molecule has 1 aliphatic rings. The van der Waals surface area contributed by atoms with E-state index in [1.807, 2.05) is 12.1 Å². The highest BCUT2D eigenvalue weighted by Crippen LogP contribution is 2.31. The number of likely N-dealkylation sites (tertiary alicyclic amines) is 1. The summed E-state index contributed by atoms with van der Waals surface area (Å²) in [4.78, 5) is 2.45. The predicted molar refractivity (Wildman–Crippen MR) is 55.6 cm³/mol. The second-order valence-electron chi connectivity index (χ2n) is 3.84. The van der Waals surface area contributed by atoms with Crippen LogP contribution in [0.3, 0.4) is 0 Å². The number of hydrogen-bond acceptors (Lipinski definition) is 1. The molecule has 14 heavy (non-hydrogen) atoms. The third kappa shape index (κ3) is 1.80. The van der Waals surface area contributed by atoms with E-state index >= 15 is 0 Å². The SMILES string of the molecule is CCN1CCC[C@@H]1c1ccc(F)cc1. The maximum Gasteiger partial charge on any atom is 0.123 e. The van der Waals surface area contributed by atoms with Crippen molar-refractivity contribution in [2.75, 3.05) is 13.1 Å². The van der Waals surface area contributed by atoms with Crippen molar-refractivity contribution in [3.8, 4) is 0 Å². The molecule has 1 aliphatic heterocycles. The van der Waals surface area contributed by atoms with Crippen LogP contribution in [0.5, 0.6) is 0 Å². The van der Waals surface area contributed by atoms with E-state index in [2.05, 4.69) is 11.8 Å². The first kappa shape index (κ1) is 9.66. The van der Waals surface area contributed by atoms with Crippen LogP contribution in [0, 0.1) is 5.82 Å². The molecule has 0 aromatic heterocycles. The van der Waals surface area contributed by atoms with E-state index in [1.54, 1.807) is 12.1 Å². The number of halogens is 1. The topological polar surface area (TPSA) is 3.24 Å². The van der Waals surface area contributed by atoms with Gasteiger partial charge in [0.1, 0.15) is 5.82 Å². The molecule has 0 aliphatic carbocycles. The van der Waals surface area contributed by atoms with Crippen molar-refractivity contribution < 1.29 is 4.39 Å². The van der Waals surface area contributed by atoms with Crippen LogP contribution >= 0.6 is 0 Å². The van der Waals surface area contributed by atoms with Crippen LogP contribution in [-0.4, -0.2) is 18.0 Å². The van der Waals surface area contributed by atoms with Crippen molar-refractivity contribution in [2.24, 2.45) is 0 Å². The molecule has 0 amide bonds. The molecule has 1 atom stereocenters. The molecular weight excluding hydrogens is 177 g/mol. The van der Waals surface area contributed by atoms with Crippen LogP contribution in [0.1, 0.15) is 31.4 Å². The Bertz CT molecular complexity index is 294. The van der Waals surface area contributed by atoms with Crippen molar-refractivity contribution in [2.45, 2.75) is 25.8 Å². The maximum atomic E-state index is 12.7. The minimum absolute atomic E-state index is 0.144. The molecule has 0 radical (unpaired) electrons. The van der Waals surface area contributed by atoms with E-state index in [0.29, 0.717) is 6.04 Å². The van der Waals surface area contributed by atoms with Crippen molar-refractivity contribution in [3.05, 3.63) is 35.6 Å². The van der Waals surface area contributed by atoms with Gasteiger partial charge < -0.3 is 0 Å². The highest BCUT2D eigenvalue weighted by atomic mass is 19.1. The van der Waals surface area contributed by atoms with Crippen molar-refractivity contribution in [3.63, 3.8) is 0 Å². The Labute approximate surface area is 84.5 Å². The van der Waals surface area contributed by atoms with Crippen molar-refractivity contribution >= 4 is 0 Å². The summed E-state index contributed by atoms with van der Waals surface area (Å²) in [6.45, 7) is 4.45. The molecule has 2 heteroatoms. The lowest BCUT2D eigenvalue weighted by molar-refractivity contribution is 0.271. The van der Waals surface area contributed by atoms with Gasteiger partial charge in [-0.25, -0.2) is 4.39 Å². The van der Waals surface area contributed by atoms with Crippen LogP contribution in [0.15, 0.2) is 24.3 Å². The van der Waals surface area contributed by atoms with Crippen molar-refractivity contribution in [1.29, 1.82) is 0 Å². The molecule has 1 fully saturated rings. The monoisotopic (exact) mass is 193 g/mol. The van der Waals surface area contributed by atoms with E-state index in [9.17, 15) is 4.39 Å². The number of benzene rings is 1. The number of rotatable bonds is 2. The minimum Gasteiger partial charge on any atom is -0.297 e. The molecule has 0 saturated carbocycles. The smallest absolute Gasteiger partial charge is 0.123 e. The molecular formula is C12H16FN. The molecule has 1 saturated heterocycles. The Kier molecular flexibility index (Phi) is 2.82. The summed E-state index contributed by atoms with van der Waals surface area (Å²) in [5.74, 6) is -0.144. The second-order valence-corrected chi connectivity index (χ2v) is 3.84. The quantitative estimate of drug-likeness (QED) is 0.698. The Morgan fingerprint density at radius 3 is 2.71 bits per heavy atom. The van der Waals surface area contributed by atoms with Gasteiger partial charge in [-0.2, -0.15) is 0 Å². The molecule has 0 unspecified atom stereocenters. The molecule has 1 aromatic carbocycles. The van der Waals surface area contributed by atoms with Gasteiger partial charge in [0, 0.05) is 6.04 Å². The average Bonchev–Trinajstić information content (AvgIpc) is 2.67. The zero-order valence-electron chi connectivity index (χ0n) is 8.54. The van der Waals surface area contributed by atoms with Crippen LogP contribution in [0.25, 0.3) is 0 Å². The third-order valence-corrected chi connectivity index (χ3v) is 3.02. The zero-order chi connectivity index (χ0) is 9.97. The summed E-state index contributed by atoms with van der Waals surface area (Å²) < 4.78 is 12.7. The van der Waals surface area contributed by atoms with E-state index in [4.69, 9.17) is 0 Å². The van der Waals surface area contributed by atoms with Gasteiger partial charge in [0.2, 0.25) is 0 Å². The zero-order valence-corrected chi connectivity index (χ0v) is 8.54.